The molecular weight excluding hydrogens is 474 g/mol. The highest BCUT2D eigenvalue weighted by Crippen LogP contribution is 2.38. The number of carbonyl (C=O) groups excluding carboxylic acids is 1. The van der Waals surface area contributed by atoms with Crippen LogP contribution in [0.5, 0.6) is 0 Å². The number of rotatable bonds is 4. The average molecular weight is 501 g/mol. The molecule has 184 valence electrons. The van der Waals surface area contributed by atoms with Crippen LogP contribution in [-0.2, 0) is 26.0 Å². The highest BCUT2D eigenvalue weighted by Gasteiger charge is 2.47. The van der Waals surface area contributed by atoms with Crippen LogP contribution in [0.15, 0.2) is 41.3 Å². The Hall–Kier alpha value is -2.62. The SMILES string of the molecule is O=C1COC2(CCN(S(=O)(=O)c3cc(F)c(-c4ccc5c(c4)CC=C5)c(F)c3)CC2)CN1C1CC1. The van der Waals surface area contributed by atoms with Gasteiger partial charge < -0.3 is 9.64 Å². The summed E-state index contributed by atoms with van der Waals surface area (Å²) in [7, 11) is -4.09. The molecule has 3 fully saturated rings. The van der Waals surface area contributed by atoms with Crippen molar-refractivity contribution in [1.82, 2.24) is 9.21 Å². The van der Waals surface area contributed by atoms with Crippen LogP contribution < -0.4 is 0 Å². The van der Waals surface area contributed by atoms with E-state index in [1.807, 2.05) is 23.1 Å². The first-order valence-electron chi connectivity index (χ1n) is 12.0. The lowest BCUT2D eigenvalue weighted by atomic mass is 9.90. The van der Waals surface area contributed by atoms with Gasteiger partial charge in [0.05, 0.1) is 22.6 Å². The van der Waals surface area contributed by atoms with Gasteiger partial charge in [-0.15, -0.1) is 0 Å². The summed E-state index contributed by atoms with van der Waals surface area (Å²) in [6.07, 6.45) is 7.49. The van der Waals surface area contributed by atoms with Crippen LogP contribution in [0.2, 0.25) is 0 Å². The number of carbonyl (C=O) groups is 1. The molecule has 2 aromatic rings. The Kier molecular flexibility index (Phi) is 5.36. The number of benzene rings is 2. The fourth-order valence-corrected chi connectivity index (χ4v) is 6.90. The monoisotopic (exact) mass is 500 g/mol. The predicted molar refractivity (Wildman–Crippen MR) is 126 cm³/mol. The Balaban J connectivity index is 1.21. The summed E-state index contributed by atoms with van der Waals surface area (Å²) in [5, 5.41) is 0. The molecule has 35 heavy (non-hydrogen) atoms. The number of sulfonamides is 1. The molecule has 0 radical (unpaired) electrons. The largest absolute Gasteiger partial charge is 0.363 e. The van der Waals surface area contributed by atoms with Crippen molar-refractivity contribution in [2.45, 2.75) is 48.6 Å². The first-order valence-corrected chi connectivity index (χ1v) is 13.4. The first kappa shape index (κ1) is 22.8. The molecule has 2 saturated heterocycles. The zero-order valence-corrected chi connectivity index (χ0v) is 20.0. The maximum atomic E-state index is 15.1. The van der Waals surface area contributed by atoms with Crippen LogP contribution >= 0.6 is 0 Å². The summed E-state index contributed by atoms with van der Waals surface area (Å²) in [6.45, 7) is 0.814. The van der Waals surface area contributed by atoms with E-state index in [0.29, 0.717) is 31.4 Å². The normalized spacial score (nSPS) is 22.1. The van der Waals surface area contributed by atoms with Crippen molar-refractivity contribution < 1.29 is 26.7 Å². The van der Waals surface area contributed by atoms with Gasteiger partial charge in [0.2, 0.25) is 15.9 Å². The molecule has 0 unspecified atom stereocenters. The van der Waals surface area contributed by atoms with Gasteiger partial charge in [0.1, 0.15) is 18.2 Å². The second-order valence-corrected chi connectivity index (χ2v) is 11.8. The molecule has 0 N–H and O–H groups in total. The molecule has 4 aliphatic rings. The number of fused-ring (bicyclic) bond motifs is 1. The van der Waals surface area contributed by atoms with Gasteiger partial charge in [0.25, 0.3) is 0 Å². The topological polar surface area (TPSA) is 66.9 Å². The van der Waals surface area contributed by atoms with Gasteiger partial charge >= 0.3 is 0 Å². The lowest BCUT2D eigenvalue weighted by Crippen LogP contribution is -2.59. The van der Waals surface area contributed by atoms with Crippen molar-refractivity contribution in [2.75, 3.05) is 26.2 Å². The minimum Gasteiger partial charge on any atom is -0.363 e. The van der Waals surface area contributed by atoms with Gasteiger partial charge in [-0.25, -0.2) is 17.2 Å². The molecule has 0 atom stereocenters. The molecule has 1 spiro atoms. The number of halogens is 2. The van der Waals surface area contributed by atoms with E-state index in [9.17, 15) is 13.2 Å². The number of morpholine rings is 1. The quantitative estimate of drug-likeness (QED) is 0.642. The van der Waals surface area contributed by atoms with Crippen molar-refractivity contribution in [3.05, 3.63) is 59.2 Å². The van der Waals surface area contributed by atoms with Crippen molar-refractivity contribution in [2.24, 2.45) is 0 Å². The van der Waals surface area contributed by atoms with Crippen LogP contribution in [-0.4, -0.2) is 61.4 Å². The van der Waals surface area contributed by atoms with E-state index in [1.165, 1.54) is 4.31 Å². The number of hydrogen-bond donors (Lipinski definition) is 0. The molecule has 2 aliphatic carbocycles. The van der Waals surface area contributed by atoms with Crippen LogP contribution in [0.4, 0.5) is 8.78 Å². The lowest BCUT2D eigenvalue weighted by Gasteiger charge is -2.46. The van der Waals surface area contributed by atoms with Gasteiger partial charge in [0, 0.05) is 19.1 Å². The molecule has 0 bridgehead atoms. The van der Waals surface area contributed by atoms with E-state index in [4.69, 9.17) is 4.74 Å². The third-order valence-electron chi connectivity index (χ3n) is 7.62. The van der Waals surface area contributed by atoms with E-state index < -0.39 is 32.2 Å². The summed E-state index contributed by atoms with van der Waals surface area (Å²) in [5.41, 5.74) is 1.59. The van der Waals surface area contributed by atoms with Crippen LogP contribution in [0.25, 0.3) is 17.2 Å². The maximum Gasteiger partial charge on any atom is 0.248 e. The average Bonchev–Trinajstić information content (AvgIpc) is 3.57. The smallest absolute Gasteiger partial charge is 0.248 e. The molecule has 1 saturated carbocycles. The van der Waals surface area contributed by atoms with E-state index >= 15 is 8.78 Å². The van der Waals surface area contributed by atoms with Crippen LogP contribution in [0.3, 0.4) is 0 Å². The van der Waals surface area contributed by atoms with Gasteiger partial charge in [-0.1, -0.05) is 30.4 Å². The van der Waals surface area contributed by atoms with Crippen molar-refractivity contribution >= 4 is 22.0 Å². The highest BCUT2D eigenvalue weighted by atomic mass is 32.2. The number of amides is 1. The number of nitrogens with zero attached hydrogens (tertiary/aromatic N) is 2. The minimum absolute atomic E-state index is 0.0138. The molecular formula is C26H26F2N2O4S. The highest BCUT2D eigenvalue weighted by molar-refractivity contribution is 7.89. The van der Waals surface area contributed by atoms with E-state index in [-0.39, 0.29) is 37.2 Å². The van der Waals surface area contributed by atoms with E-state index in [0.717, 1.165) is 36.1 Å². The molecule has 0 aromatic heterocycles. The zero-order valence-electron chi connectivity index (χ0n) is 19.2. The number of ether oxygens (including phenoxy) is 1. The second-order valence-electron chi connectivity index (χ2n) is 9.91. The van der Waals surface area contributed by atoms with Crippen LogP contribution in [0, 0.1) is 11.6 Å². The number of allylic oxidation sites excluding steroid dienone is 1. The third kappa shape index (κ3) is 3.99. The van der Waals surface area contributed by atoms with E-state index in [1.54, 1.807) is 12.1 Å². The first-order chi connectivity index (χ1) is 16.8. The van der Waals surface area contributed by atoms with Crippen molar-refractivity contribution in [1.29, 1.82) is 0 Å². The molecule has 6 rings (SSSR count). The van der Waals surface area contributed by atoms with Gasteiger partial charge in [-0.2, -0.15) is 4.31 Å². The molecule has 2 aromatic carbocycles. The Morgan fingerprint density at radius 1 is 1.03 bits per heavy atom. The molecule has 2 aliphatic heterocycles. The predicted octanol–water partition coefficient (Wildman–Crippen LogP) is 3.75. The van der Waals surface area contributed by atoms with Crippen molar-refractivity contribution in [3.63, 3.8) is 0 Å². The van der Waals surface area contributed by atoms with Gasteiger partial charge in [0.15, 0.2) is 0 Å². The molecule has 9 heteroatoms. The van der Waals surface area contributed by atoms with Gasteiger partial charge in [-0.3, -0.25) is 4.79 Å². The Morgan fingerprint density at radius 3 is 2.43 bits per heavy atom. The summed E-state index contributed by atoms with van der Waals surface area (Å²) in [4.78, 5) is 13.7. The van der Waals surface area contributed by atoms with Crippen LogP contribution in [0.1, 0.15) is 36.8 Å². The van der Waals surface area contributed by atoms with Crippen molar-refractivity contribution in [3.8, 4) is 11.1 Å². The third-order valence-corrected chi connectivity index (χ3v) is 9.50. The summed E-state index contributed by atoms with van der Waals surface area (Å²) in [6, 6.07) is 7.30. The number of hydrogen-bond acceptors (Lipinski definition) is 4. The maximum absolute atomic E-state index is 15.1. The Morgan fingerprint density at radius 2 is 1.74 bits per heavy atom. The Labute approximate surface area is 203 Å². The minimum atomic E-state index is -4.09. The summed E-state index contributed by atoms with van der Waals surface area (Å²) >= 11 is 0. The number of piperidine rings is 1. The summed E-state index contributed by atoms with van der Waals surface area (Å²) < 4.78 is 63.9. The standard InChI is InChI=1S/C26H26F2N2O4S/c27-22-13-21(14-23(28)25(22)19-5-4-17-2-1-3-18(17)12-19)35(32,33)29-10-8-26(9-11-29)16-30(20-6-7-20)24(31)15-34-26/h1-2,4-5,12-14,20H,3,6-11,15-16H2. The fourth-order valence-electron chi connectivity index (χ4n) is 5.43. The summed E-state index contributed by atoms with van der Waals surface area (Å²) in [5.74, 6) is -1.83. The lowest BCUT2D eigenvalue weighted by molar-refractivity contribution is -0.170. The Bertz CT molecular complexity index is 1320. The zero-order chi connectivity index (χ0) is 24.4. The van der Waals surface area contributed by atoms with Gasteiger partial charge in [-0.05, 0) is 60.9 Å². The molecule has 6 nitrogen and oxygen atoms in total. The fraction of sp³-hybridized carbons (Fsp3) is 0.423. The molecule has 1 amide bonds. The second kappa shape index (κ2) is 8.21. The van der Waals surface area contributed by atoms with E-state index in [2.05, 4.69) is 0 Å². The molecule has 2 heterocycles.